The van der Waals surface area contributed by atoms with Gasteiger partial charge in [-0.05, 0) is 31.9 Å². The minimum absolute atomic E-state index is 0.0277. The molecular weight excluding hydrogens is 374 g/mol. The largest absolute Gasteiger partial charge is 0.340 e. The molecule has 1 aromatic carbocycles. The highest BCUT2D eigenvalue weighted by atomic mass is 32.1. The lowest BCUT2D eigenvalue weighted by Crippen LogP contribution is -2.43. The summed E-state index contributed by atoms with van der Waals surface area (Å²) in [6.45, 7) is 6.31. The average molecular weight is 400 g/mol. The number of amides is 3. The molecular formula is C21H25N3O3S. The van der Waals surface area contributed by atoms with Crippen molar-refractivity contribution in [2.75, 3.05) is 13.6 Å². The van der Waals surface area contributed by atoms with Gasteiger partial charge in [0, 0.05) is 31.8 Å². The van der Waals surface area contributed by atoms with Gasteiger partial charge >= 0.3 is 0 Å². The van der Waals surface area contributed by atoms with Crippen LogP contribution in [0.3, 0.4) is 0 Å². The van der Waals surface area contributed by atoms with Gasteiger partial charge in [-0.2, -0.15) is 0 Å². The van der Waals surface area contributed by atoms with Crippen LogP contribution in [0.4, 0.5) is 0 Å². The second kappa shape index (κ2) is 7.83. The van der Waals surface area contributed by atoms with Gasteiger partial charge < -0.3 is 4.90 Å². The molecule has 2 aromatic rings. The summed E-state index contributed by atoms with van der Waals surface area (Å²) in [5.41, 5.74) is 1.36. The first kappa shape index (κ1) is 20.2. The molecule has 1 saturated heterocycles. The Kier molecular flexibility index (Phi) is 5.65. The highest BCUT2D eigenvalue weighted by molar-refractivity contribution is 7.09. The predicted octanol–water partition coefficient (Wildman–Crippen LogP) is 2.83. The summed E-state index contributed by atoms with van der Waals surface area (Å²) in [5.74, 6) is -0.671. The van der Waals surface area contributed by atoms with Crippen LogP contribution in [-0.2, 0) is 26.3 Å². The molecule has 0 bridgehead atoms. The van der Waals surface area contributed by atoms with Crippen molar-refractivity contribution in [3.05, 3.63) is 51.5 Å². The highest BCUT2D eigenvalue weighted by Gasteiger charge is 2.54. The highest BCUT2D eigenvalue weighted by Crippen LogP contribution is 2.41. The van der Waals surface area contributed by atoms with Gasteiger partial charge in [-0.15, -0.1) is 11.3 Å². The van der Waals surface area contributed by atoms with Crippen molar-refractivity contribution < 1.29 is 14.4 Å². The molecule has 1 aliphatic heterocycles. The van der Waals surface area contributed by atoms with E-state index in [4.69, 9.17) is 0 Å². The molecule has 7 heteroatoms. The Bertz CT molecular complexity index is 923. The van der Waals surface area contributed by atoms with Crippen molar-refractivity contribution >= 4 is 29.1 Å². The third-order valence-electron chi connectivity index (χ3n) is 5.33. The average Bonchev–Trinajstić information content (AvgIpc) is 3.16. The summed E-state index contributed by atoms with van der Waals surface area (Å²) in [4.78, 5) is 46.1. The summed E-state index contributed by atoms with van der Waals surface area (Å²) >= 11 is 1.54. The van der Waals surface area contributed by atoms with Crippen LogP contribution in [0.2, 0.25) is 0 Å². The van der Waals surface area contributed by atoms with Crippen LogP contribution >= 0.6 is 11.3 Å². The molecule has 0 N–H and O–H groups in total. The standard InChI is InChI=1S/C21H25N3O3S/c1-5-24-19(26)11-21(20(24)27,17-9-7-6-8-14(17)2)10-18(25)23(4)12-16-13-28-15(3)22-16/h6-9,13H,5,10-12H2,1-4H3/t21-/m0/s1. The molecule has 148 valence electrons. The van der Waals surface area contributed by atoms with Crippen LogP contribution in [-0.4, -0.2) is 46.1 Å². The Hall–Kier alpha value is -2.54. The summed E-state index contributed by atoms with van der Waals surface area (Å²) in [6, 6.07) is 7.51. The maximum Gasteiger partial charge on any atom is 0.240 e. The predicted molar refractivity (Wildman–Crippen MR) is 108 cm³/mol. The second-order valence-corrected chi connectivity index (χ2v) is 8.36. The lowest BCUT2D eigenvalue weighted by molar-refractivity contribution is -0.142. The maximum absolute atomic E-state index is 13.3. The van der Waals surface area contributed by atoms with E-state index in [1.54, 1.807) is 18.9 Å². The first-order valence-corrected chi connectivity index (χ1v) is 10.2. The summed E-state index contributed by atoms with van der Waals surface area (Å²) in [6.07, 6.45) is -0.00153. The number of benzene rings is 1. The number of likely N-dealkylation sites (tertiary alicyclic amines) is 1. The first-order chi connectivity index (χ1) is 13.3. The van der Waals surface area contributed by atoms with Crippen molar-refractivity contribution in [1.29, 1.82) is 0 Å². The third-order valence-corrected chi connectivity index (χ3v) is 6.15. The lowest BCUT2D eigenvalue weighted by Gasteiger charge is -2.30. The van der Waals surface area contributed by atoms with E-state index >= 15 is 0 Å². The Morgan fingerprint density at radius 1 is 1.29 bits per heavy atom. The van der Waals surface area contributed by atoms with Gasteiger partial charge in [-0.25, -0.2) is 4.98 Å². The van der Waals surface area contributed by atoms with E-state index in [0.29, 0.717) is 13.1 Å². The van der Waals surface area contributed by atoms with Gasteiger partial charge in [-0.1, -0.05) is 24.3 Å². The fourth-order valence-corrected chi connectivity index (χ4v) is 4.48. The summed E-state index contributed by atoms with van der Waals surface area (Å²) < 4.78 is 0. The monoisotopic (exact) mass is 399 g/mol. The molecule has 0 spiro atoms. The molecule has 28 heavy (non-hydrogen) atoms. The Morgan fingerprint density at radius 2 is 2.00 bits per heavy atom. The normalized spacial score (nSPS) is 19.4. The van der Waals surface area contributed by atoms with Crippen molar-refractivity contribution in [3.8, 4) is 0 Å². The van der Waals surface area contributed by atoms with E-state index in [9.17, 15) is 14.4 Å². The molecule has 3 rings (SSSR count). The minimum Gasteiger partial charge on any atom is -0.340 e. The first-order valence-electron chi connectivity index (χ1n) is 9.34. The van der Waals surface area contributed by atoms with E-state index in [1.807, 2.05) is 43.5 Å². The van der Waals surface area contributed by atoms with Crippen LogP contribution in [0.25, 0.3) is 0 Å². The number of aryl methyl sites for hydroxylation is 2. The summed E-state index contributed by atoms with van der Waals surface area (Å²) in [7, 11) is 1.71. The van der Waals surface area contributed by atoms with E-state index in [0.717, 1.165) is 21.8 Å². The topological polar surface area (TPSA) is 70.6 Å². The maximum atomic E-state index is 13.3. The molecule has 6 nitrogen and oxygen atoms in total. The van der Waals surface area contributed by atoms with Crippen molar-refractivity contribution in [1.82, 2.24) is 14.8 Å². The number of likely N-dealkylation sites (N-methyl/N-ethyl adjacent to an activating group) is 1. The second-order valence-electron chi connectivity index (χ2n) is 7.30. The number of rotatable bonds is 6. The number of imide groups is 1. The van der Waals surface area contributed by atoms with E-state index in [2.05, 4.69) is 4.98 Å². The Morgan fingerprint density at radius 3 is 2.57 bits per heavy atom. The number of nitrogens with zero attached hydrogens (tertiary/aromatic N) is 3. The molecule has 0 unspecified atom stereocenters. The zero-order valence-corrected chi connectivity index (χ0v) is 17.5. The van der Waals surface area contributed by atoms with Crippen LogP contribution < -0.4 is 0 Å². The molecule has 2 heterocycles. The molecule has 1 fully saturated rings. The molecule has 0 radical (unpaired) electrons. The zero-order chi connectivity index (χ0) is 20.5. The Balaban J connectivity index is 1.92. The van der Waals surface area contributed by atoms with E-state index in [1.165, 1.54) is 16.2 Å². The van der Waals surface area contributed by atoms with Crippen LogP contribution in [0, 0.1) is 13.8 Å². The lowest BCUT2D eigenvalue weighted by atomic mass is 9.74. The van der Waals surface area contributed by atoms with Crippen LogP contribution in [0.5, 0.6) is 0 Å². The molecule has 1 aromatic heterocycles. The van der Waals surface area contributed by atoms with Gasteiger partial charge in [0.05, 0.1) is 22.7 Å². The van der Waals surface area contributed by atoms with Gasteiger partial charge in [0.2, 0.25) is 17.7 Å². The van der Waals surface area contributed by atoms with Crippen molar-refractivity contribution in [2.45, 2.75) is 45.6 Å². The number of thiazole rings is 1. The fourth-order valence-electron chi connectivity index (χ4n) is 3.88. The van der Waals surface area contributed by atoms with Crippen LogP contribution in [0.1, 0.15) is 41.6 Å². The van der Waals surface area contributed by atoms with Crippen LogP contribution in [0.15, 0.2) is 29.6 Å². The number of hydrogen-bond donors (Lipinski definition) is 0. The minimum atomic E-state index is -1.14. The van der Waals surface area contributed by atoms with Crippen molar-refractivity contribution in [2.24, 2.45) is 0 Å². The van der Waals surface area contributed by atoms with E-state index < -0.39 is 5.41 Å². The molecule has 1 aliphatic rings. The third kappa shape index (κ3) is 3.58. The van der Waals surface area contributed by atoms with Gasteiger partial charge in [0.15, 0.2) is 0 Å². The quantitative estimate of drug-likeness (QED) is 0.701. The van der Waals surface area contributed by atoms with Gasteiger partial charge in [-0.3, -0.25) is 19.3 Å². The smallest absolute Gasteiger partial charge is 0.240 e. The van der Waals surface area contributed by atoms with Gasteiger partial charge in [0.1, 0.15) is 0 Å². The molecule has 1 atom stereocenters. The number of aromatic nitrogens is 1. The molecule has 0 saturated carbocycles. The van der Waals surface area contributed by atoms with Crippen molar-refractivity contribution in [3.63, 3.8) is 0 Å². The molecule has 3 amide bonds. The number of carbonyl (C=O) groups is 3. The zero-order valence-electron chi connectivity index (χ0n) is 16.7. The number of carbonyl (C=O) groups excluding carboxylic acids is 3. The number of hydrogen-bond acceptors (Lipinski definition) is 5. The van der Waals surface area contributed by atoms with Gasteiger partial charge in [0.25, 0.3) is 0 Å². The fraction of sp³-hybridized carbons (Fsp3) is 0.429. The van der Waals surface area contributed by atoms with E-state index in [-0.39, 0.29) is 30.6 Å². The summed E-state index contributed by atoms with van der Waals surface area (Å²) in [5, 5.41) is 2.88. The Labute approximate surface area is 169 Å². The SMILES string of the molecule is CCN1C(=O)C[C@@](CC(=O)N(C)Cc2csc(C)n2)(c2ccccc2C)C1=O. The molecule has 0 aliphatic carbocycles.